The van der Waals surface area contributed by atoms with Crippen molar-refractivity contribution in [3.05, 3.63) is 36.2 Å². The fourth-order valence-corrected chi connectivity index (χ4v) is 3.06. The molecule has 0 saturated carbocycles. The number of hydrogen-bond donors (Lipinski definition) is 1. The first-order valence-electron chi connectivity index (χ1n) is 8.51. The van der Waals surface area contributed by atoms with Gasteiger partial charge in [-0.2, -0.15) is 0 Å². The summed E-state index contributed by atoms with van der Waals surface area (Å²) >= 11 is 1.41. The van der Waals surface area contributed by atoms with Gasteiger partial charge in [0.25, 0.3) is 0 Å². The third kappa shape index (κ3) is 5.37. The predicted molar refractivity (Wildman–Crippen MR) is 98.7 cm³/mol. The lowest BCUT2D eigenvalue weighted by Gasteiger charge is -2.09. The Kier molecular flexibility index (Phi) is 7.31. The molecule has 0 spiro atoms. The first-order chi connectivity index (χ1) is 11.6. The lowest BCUT2D eigenvalue weighted by Crippen LogP contribution is -2.26. The van der Waals surface area contributed by atoms with E-state index in [1.807, 2.05) is 4.57 Å². The molecule has 1 amide bonds. The van der Waals surface area contributed by atoms with E-state index in [4.69, 9.17) is 0 Å². The molecule has 0 aliphatic rings. The number of rotatable bonds is 9. The van der Waals surface area contributed by atoms with Crippen LogP contribution in [-0.2, 0) is 4.79 Å². The van der Waals surface area contributed by atoms with Gasteiger partial charge in [-0.15, -0.1) is 10.2 Å². The first-order valence-corrected chi connectivity index (χ1v) is 9.50. The Labute approximate surface area is 148 Å². The Hall–Kier alpha value is -1.82. The van der Waals surface area contributed by atoms with Crippen LogP contribution in [0.3, 0.4) is 0 Å². The Morgan fingerprint density at radius 3 is 2.67 bits per heavy atom. The maximum atomic E-state index is 11.9. The molecule has 0 fully saturated rings. The van der Waals surface area contributed by atoms with Crippen LogP contribution in [0.5, 0.6) is 0 Å². The van der Waals surface area contributed by atoms with Gasteiger partial charge in [0.05, 0.1) is 5.75 Å². The van der Waals surface area contributed by atoms with E-state index in [2.05, 4.69) is 60.6 Å². The summed E-state index contributed by atoms with van der Waals surface area (Å²) in [5.74, 6) is 0.903. The Morgan fingerprint density at radius 2 is 2.00 bits per heavy atom. The molecule has 0 aliphatic carbocycles. The molecule has 0 unspecified atom stereocenters. The van der Waals surface area contributed by atoms with E-state index in [0.29, 0.717) is 11.7 Å². The molecule has 2 aromatic rings. The number of hydrogen-bond acceptors (Lipinski definition) is 4. The summed E-state index contributed by atoms with van der Waals surface area (Å²) < 4.78 is 1.92. The third-order valence-corrected chi connectivity index (χ3v) is 4.73. The molecule has 24 heavy (non-hydrogen) atoms. The minimum Gasteiger partial charge on any atom is -0.355 e. The SMILES string of the molecule is CCCCCNC(=O)CSc1nncn1-c1ccc(C(C)C)cc1. The lowest BCUT2D eigenvalue weighted by atomic mass is 10.0. The first kappa shape index (κ1) is 18.5. The van der Waals surface area contributed by atoms with Gasteiger partial charge >= 0.3 is 0 Å². The second-order valence-corrected chi connectivity index (χ2v) is 7.02. The Balaban J connectivity index is 1.91. The highest BCUT2D eigenvalue weighted by molar-refractivity contribution is 7.99. The zero-order valence-corrected chi connectivity index (χ0v) is 15.5. The highest BCUT2D eigenvalue weighted by Gasteiger charge is 2.10. The Bertz CT molecular complexity index is 637. The van der Waals surface area contributed by atoms with Crippen molar-refractivity contribution < 1.29 is 4.79 Å². The lowest BCUT2D eigenvalue weighted by molar-refractivity contribution is -0.118. The number of benzene rings is 1. The van der Waals surface area contributed by atoms with Crippen LogP contribution in [0, 0.1) is 0 Å². The summed E-state index contributed by atoms with van der Waals surface area (Å²) in [6.07, 6.45) is 5.02. The van der Waals surface area contributed by atoms with Crippen molar-refractivity contribution in [3.8, 4) is 5.69 Å². The monoisotopic (exact) mass is 346 g/mol. The van der Waals surface area contributed by atoms with Crippen molar-refractivity contribution in [2.24, 2.45) is 0 Å². The second kappa shape index (κ2) is 9.47. The van der Waals surface area contributed by atoms with Crippen molar-refractivity contribution in [1.82, 2.24) is 20.1 Å². The molecule has 0 atom stereocenters. The fraction of sp³-hybridized carbons (Fsp3) is 0.500. The summed E-state index contributed by atoms with van der Waals surface area (Å²) in [5, 5.41) is 11.8. The molecule has 1 aromatic heterocycles. The van der Waals surface area contributed by atoms with Crippen LogP contribution in [0.1, 0.15) is 51.5 Å². The highest BCUT2D eigenvalue weighted by atomic mass is 32.2. The van der Waals surface area contributed by atoms with E-state index >= 15 is 0 Å². The standard InChI is InChI=1S/C18H26N4OS/c1-4-5-6-11-19-17(23)12-24-18-21-20-13-22(18)16-9-7-15(8-10-16)14(2)3/h7-10,13-14H,4-6,11-12H2,1-3H3,(H,19,23). The van der Waals surface area contributed by atoms with E-state index in [-0.39, 0.29) is 5.91 Å². The predicted octanol–water partition coefficient (Wildman–Crippen LogP) is 3.79. The smallest absolute Gasteiger partial charge is 0.230 e. The number of carbonyl (C=O) groups excluding carboxylic acids is 1. The van der Waals surface area contributed by atoms with E-state index in [1.165, 1.54) is 17.3 Å². The molecule has 0 radical (unpaired) electrons. The highest BCUT2D eigenvalue weighted by Crippen LogP contribution is 2.21. The van der Waals surface area contributed by atoms with Gasteiger partial charge in [-0.3, -0.25) is 9.36 Å². The van der Waals surface area contributed by atoms with Gasteiger partial charge in [-0.1, -0.05) is 57.5 Å². The van der Waals surface area contributed by atoms with Gasteiger partial charge < -0.3 is 5.32 Å². The van der Waals surface area contributed by atoms with E-state index < -0.39 is 0 Å². The van der Waals surface area contributed by atoms with Crippen LogP contribution < -0.4 is 5.32 Å². The molecule has 2 rings (SSSR count). The van der Waals surface area contributed by atoms with Gasteiger partial charge in [0.2, 0.25) is 5.91 Å². The molecule has 6 heteroatoms. The van der Waals surface area contributed by atoms with Crippen LogP contribution in [0.25, 0.3) is 5.69 Å². The number of nitrogens with zero attached hydrogens (tertiary/aromatic N) is 3. The molecule has 0 saturated heterocycles. The van der Waals surface area contributed by atoms with Crippen LogP contribution >= 0.6 is 11.8 Å². The number of thioether (sulfide) groups is 1. The normalized spacial score (nSPS) is 11.0. The molecular weight excluding hydrogens is 320 g/mol. The maximum absolute atomic E-state index is 11.9. The Morgan fingerprint density at radius 1 is 1.25 bits per heavy atom. The van der Waals surface area contributed by atoms with E-state index in [1.54, 1.807) is 6.33 Å². The van der Waals surface area contributed by atoms with Crippen LogP contribution in [0.15, 0.2) is 35.7 Å². The van der Waals surface area contributed by atoms with Crippen LogP contribution in [0.4, 0.5) is 0 Å². The van der Waals surface area contributed by atoms with Crippen molar-refractivity contribution in [1.29, 1.82) is 0 Å². The van der Waals surface area contributed by atoms with Gasteiger partial charge in [0.15, 0.2) is 5.16 Å². The van der Waals surface area contributed by atoms with Crippen LogP contribution in [-0.4, -0.2) is 33.0 Å². The number of aromatic nitrogens is 3. The van der Waals surface area contributed by atoms with Crippen molar-refractivity contribution >= 4 is 17.7 Å². The number of amides is 1. The van der Waals surface area contributed by atoms with Crippen molar-refractivity contribution in [2.45, 2.75) is 51.1 Å². The summed E-state index contributed by atoms with van der Waals surface area (Å²) in [4.78, 5) is 11.9. The van der Waals surface area contributed by atoms with E-state index in [9.17, 15) is 4.79 Å². The summed E-state index contributed by atoms with van der Waals surface area (Å²) in [6, 6.07) is 8.37. The van der Waals surface area contributed by atoms with Crippen molar-refractivity contribution in [3.63, 3.8) is 0 Å². The van der Waals surface area contributed by atoms with Gasteiger partial charge in [-0.25, -0.2) is 0 Å². The van der Waals surface area contributed by atoms with Crippen LogP contribution in [0.2, 0.25) is 0 Å². The van der Waals surface area contributed by atoms with Gasteiger partial charge in [0, 0.05) is 12.2 Å². The number of nitrogens with one attached hydrogen (secondary N) is 1. The summed E-state index contributed by atoms with van der Waals surface area (Å²) in [5.41, 5.74) is 2.31. The zero-order chi connectivity index (χ0) is 17.4. The molecule has 0 aliphatic heterocycles. The summed E-state index contributed by atoms with van der Waals surface area (Å²) in [6.45, 7) is 7.25. The summed E-state index contributed by atoms with van der Waals surface area (Å²) in [7, 11) is 0. The molecule has 130 valence electrons. The minimum absolute atomic E-state index is 0.0424. The number of unbranched alkanes of at least 4 members (excludes halogenated alkanes) is 2. The molecule has 1 aromatic carbocycles. The third-order valence-electron chi connectivity index (χ3n) is 3.79. The quantitative estimate of drug-likeness (QED) is 0.554. The topological polar surface area (TPSA) is 59.8 Å². The molecule has 1 N–H and O–H groups in total. The maximum Gasteiger partial charge on any atom is 0.230 e. The van der Waals surface area contributed by atoms with Gasteiger partial charge in [0.1, 0.15) is 6.33 Å². The number of carbonyl (C=O) groups is 1. The molecule has 0 bridgehead atoms. The average Bonchev–Trinajstić information content (AvgIpc) is 3.05. The average molecular weight is 347 g/mol. The van der Waals surface area contributed by atoms with Crippen molar-refractivity contribution in [2.75, 3.05) is 12.3 Å². The van der Waals surface area contributed by atoms with Gasteiger partial charge in [-0.05, 0) is 30.0 Å². The molecule has 1 heterocycles. The molecular formula is C18H26N4OS. The largest absolute Gasteiger partial charge is 0.355 e. The van der Waals surface area contributed by atoms with E-state index in [0.717, 1.165) is 36.7 Å². The fourth-order valence-electron chi connectivity index (χ4n) is 2.30. The molecule has 5 nitrogen and oxygen atoms in total. The minimum atomic E-state index is 0.0424. The second-order valence-electron chi connectivity index (χ2n) is 6.08. The zero-order valence-electron chi connectivity index (χ0n) is 14.7.